The Bertz CT molecular complexity index is 1010. The molecule has 2 aromatic heterocycles. The van der Waals surface area contributed by atoms with Crippen LogP contribution >= 0.6 is 11.3 Å². The van der Waals surface area contributed by atoms with E-state index in [9.17, 15) is 4.79 Å². The number of fused-ring (bicyclic) bond motifs is 1. The highest BCUT2D eigenvalue weighted by molar-refractivity contribution is 7.22. The maximum Gasteiger partial charge on any atom is 0.278 e. The summed E-state index contributed by atoms with van der Waals surface area (Å²) in [5.41, 5.74) is 2.21. The topological polar surface area (TPSA) is 63.5 Å². The minimum Gasteiger partial charge on any atom is -0.494 e. The molecular weight excluding hydrogens is 398 g/mol. The Morgan fingerprint density at radius 2 is 1.97 bits per heavy atom. The van der Waals surface area contributed by atoms with Crippen molar-refractivity contribution in [3.05, 3.63) is 35.7 Å². The van der Waals surface area contributed by atoms with E-state index >= 15 is 0 Å². The van der Waals surface area contributed by atoms with Crippen molar-refractivity contribution in [2.75, 3.05) is 38.2 Å². The Morgan fingerprint density at radius 1 is 1.23 bits per heavy atom. The molecule has 8 heteroatoms. The summed E-state index contributed by atoms with van der Waals surface area (Å²) < 4.78 is 8.27. The van der Waals surface area contributed by atoms with Crippen molar-refractivity contribution >= 4 is 32.6 Å². The Hall–Kier alpha value is -2.45. The van der Waals surface area contributed by atoms with Gasteiger partial charge in [-0.1, -0.05) is 31.3 Å². The fraction of sp³-hybridized carbons (Fsp3) is 0.500. The number of nitrogens with zero attached hydrogens (tertiary/aromatic N) is 5. The number of ether oxygens (including phenoxy) is 1. The van der Waals surface area contributed by atoms with Gasteiger partial charge in [0.25, 0.3) is 5.91 Å². The van der Waals surface area contributed by atoms with Crippen molar-refractivity contribution in [1.82, 2.24) is 19.7 Å². The van der Waals surface area contributed by atoms with Gasteiger partial charge in [-0.2, -0.15) is 5.10 Å². The number of likely N-dealkylation sites (N-methyl/N-ethyl adjacent to an activating group) is 1. The summed E-state index contributed by atoms with van der Waals surface area (Å²) in [5.74, 6) is 0.642. The zero-order chi connectivity index (χ0) is 21.8. The maximum absolute atomic E-state index is 13.7. The molecule has 0 aliphatic carbocycles. The van der Waals surface area contributed by atoms with Crippen LogP contribution in [0, 0.1) is 6.92 Å². The number of anilines is 1. The lowest BCUT2D eigenvalue weighted by atomic mass is 10.3. The quantitative estimate of drug-likeness (QED) is 0.505. The summed E-state index contributed by atoms with van der Waals surface area (Å²) in [4.78, 5) is 22.6. The molecule has 2 heterocycles. The van der Waals surface area contributed by atoms with Crippen molar-refractivity contribution in [3.8, 4) is 5.75 Å². The van der Waals surface area contributed by atoms with Crippen molar-refractivity contribution in [3.63, 3.8) is 0 Å². The molecule has 1 amide bonds. The van der Waals surface area contributed by atoms with Gasteiger partial charge in [-0.25, -0.2) is 4.98 Å². The number of para-hydroxylation sites is 1. The van der Waals surface area contributed by atoms with Gasteiger partial charge in [-0.05, 0) is 52.1 Å². The van der Waals surface area contributed by atoms with E-state index in [4.69, 9.17) is 9.72 Å². The van der Waals surface area contributed by atoms with Gasteiger partial charge in [0.1, 0.15) is 17.0 Å². The molecule has 0 unspecified atom stereocenters. The number of benzene rings is 1. The van der Waals surface area contributed by atoms with E-state index in [1.165, 1.54) is 11.3 Å². The SMILES string of the molecule is CCN(CC)CCN(C(=O)c1cc(C)nn1C(C)C)c1nc2c(OC)cccc2s1. The van der Waals surface area contributed by atoms with E-state index in [0.29, 0.717) is 23.1 Å². The number of aromatic nitrogens is 3. The summed E-state index contributed by atoms with van der Waals surface area (Å²) in [6.45, 7) is 13.5. The Balaban J connectivity index is 2.04. The van der Waals surface area contributed by atoms with Crippen molar-refractivity contribution < 1.29 is 9.53 Å². The molecule has 7 nitrogen and oxygen atoms in total. The number of hydrogen-bond acceptors (Lipinski definition) is 6. The molecule has 0 N–H and O–H groups in total. The molecule has 0 aliphatic rings. The van der Waals surface area contributed by atoms with E-state index in [2.05, 4.69) is 23.8 Å². The predicted molar refractivity (Wildman–Crippen MR) is 123 cm³/mol. The maximum atomic E-state index is 13.7. The van der Waals surface area contributed by atoms with Crippen LogP contribution in [-0.2, 0) is 0 Å². The molecule has 0 aliphatic heterocycles. The van der Waals surface area contributed by atoms with Gasteiger partial charge < -0.3 is 9.64 Å². The highest BCUT2D eigenvalue weighted by Crippen LogP contribution is 2.34. The molecule has 3 aromatic rings. The number of thiazole rings is 1. The summed E-state index contributed by atoms with van der Waals surface area (Å²) in [5, 5.41) is 5.21. The first-order valence-electron chi connectivity index (χ1n) is 10.4. The van der Waals surface area contributed by atoms with Crippen LogP contribution in [0.4, 0.5) is 5.13 Å². The first kappa shape index (κ1) is 22.2. The number of rotatable bonds is 9. The normalized spacial score (nSPS) is 11.6. The van der Waals surface area contributed by atoms with Crippen LogP contribution in [0.5, 0.6) is 5.75 Å². The van der Waals surface area contributed by atoms with Gasteiger partial charge in [0.15, 0.2) is 5.13 Å². The molecule has 0 bridgehead atoms. The third-order valence-corrected chi connectivity index (χ3v) is 6.21. The second-order valence-electron chi connectivity index (χ2n) is 7.50. The van der Waals surface area contributed by atoms with E-state index in [-0.39, 0.29) is 11.9 Å². The molecule has 3 rings (SSSR count). The second-order valence-corrected chi connectivity index (χ2v) is 8.51. The van der Waals surface area contributed by atoms with E-state index in [1.807, 2.05) is 45.0 Å². The lowest BCUT2D eigenvalue weighted by Crippen LogP contribution is -2.39. The number of aryl methyl sites for hydroxylation is 1. The van der Waals surface area contributed by atoms with Gasteiger partial charge in [-0.15, -0.1) is 0 Å². The zero-order valence-electron chi connectivity index (χ0n) is 18.7. The smallest absolute Gasteiger partial charge is 0.278 e. The molecule has 0 radical (unpaired) electrons. The molecule has 0 spiro atoms. The minimum absolute atomic E-state index is 0.0746. The van der Waals surface area contributed by atoms with E-state index in [1.54, 1.807) is 16.7 Å². The van der Waals surface area contributed by atoms with Crippen LogP contribution in [0.3, 0.4) is 0 Å². The van der Waals surface area contributed by atoms with Crippen LogP contribution in [0.1, 0.15) is 49.9 Å². The van der Waals surface area contributed by atoms with Gasteiger partial charge in [0, 0.05) is 19.1 Å². The van der Waals surface area contributed by atoms with Crippen LogP contribution < -0.4 is 9.64 Å². The van der Waals surface area contributed by atoms with Crippen LogP contribution in [0.2, 0.25) is 0 Å². The lowest BCUT2D eigenvalue weighted by Gasteiger charge is -2.25. The van der Waals surface area contributed by atoms with E-state index < -0.39 is 0 Å². The van der Waals surface area contributed by atoms with Crippen molar-refractivity contribution in [2.24, 2.45) is 0 Å². The Kier molecular flexibility index (Phi) is 7.10. The number of carbonyl (C=O) groups is 1. The van der Waals surface area contributed by atoms with E-state index in [0.717, 1.165) is 35.5 Å². The average Bonchev–Trinajstić information content (AvgIpc) is 3.34. The molecule has 1 aromatic carbocycles. The van der Waals surface area contributed by atoms with Crippen molar-refractivity contribution in [2.45, 2.75) is 40.7 Å². The summed E-state index contributed by atoms with van der Waals surface area (Å²) in [6, 6.07) is 7.81. The van der Waals surface area contributed by atoms with Gasteiger partial charge in [-0.3, -0.25) is 14.4 Å². The van der Waals surface area contributed by atoms with Gasteiger partial charge in [0.05, 0.1) is 17.5 Å². The number of methoxy groups -OCH3 is 1. The van der Waals surface area contributed by atoms with Crippen LogP contribution in [-0.4, -0.2) is 58.9 Å². The number of amides is 1. The molecule has 162 valence electrons. The summed E-state index contributed by atoms with van der Waals surface area (Å²) in [7, 11) is 1.64. The minimum atomic E-state index is -0.0746. The second kappa shape index (κ2) is 9.57. The third kappa shape index (κ3) is 4.49. The monoisotopic (exact) mass is 429 g/mol. The van der Waals surface area contributed by atoms with Gasteiger partial charge in [0.2, 0.25) is 0 Å². The number of carbonyl (C=O) groups excluding carboxylic acids is 1. The third-order valence-electron chi connectivity index (χ3n) is 5.17. The largest absolute Gasteiger partial charge is 0.494 e. The predicted octanol–water partition coefficient (Wildman–Crippen LogP) is 4.38. The fourth-order valence-electron chi connectivity index (χ4n) is 3.47. The molecule has 0 saturated carbocycles. The van der Waals surface area contributed by atoms with Gasteiger partial charge >= 0.3 is 0 Å². The Morgan fingerprint density at radius 3 is 2.60 bits per heavy atom. The summed E-state index contributed by atoms with van der Waals surface area (Å²) in [6.07, 6.45) is 0. The average molecular weight is 430 g/mol. The molecule has 0 saturated heterocycles. The number of hydrogen-bond donors (Lipinski definition) is 0. The van der Waals surface area contributed by atoms with Crippen LogP contribution in [0.15, 0.2) is 24.3 Å². The first-order valence-corrected chi connectivity index (χ1v) is 11.2. The molecule has 0 atom stereocenters. The van der Waals surface area contributed by atoms with Crippen LogP contribution in [0.25, 0.3) is 10.2 Å². The fourth-order valence-corrected chi connectivity index (χ4v) is 4.47. The lowest BCUT2D eigenvalue weighted by molar-refractivity contribution is 0.0971. The Labute approximate surface area is 182 Å². The molecular formula is C22H31N5O2S. The first-order chi connectivity index (χ1) is 14.4. The summed E-state index contributed by atoms with van der Waals surface area (Å²) >= 11 is 1.51. The highest BCUT2D eigenvalue weighted by Gasteiger charge is 2.26. The highest BCUT2D eigenvalue weighted by atomic mass is 32.1. The standard InChI is InChI=1S/C22H31N5O2S/c1-7-25(8-2)12-13-26(21(28)17-14-16(5)24-27(17)15(3)4)22-23-20-18(29-6)10-9-11-19(20)30-22/h9-11,14-15H,7-8,12-13H2,1-6H3. The molecule has 30 heavy (non-hydrogen) atoms. The van der Waals surface area contributed by atoms with Crippen molar-refractivity contribution in [1.29, 1.82) is 0 Å². The molecule has 0 fully saturated rings. The zero-order valence-corrected chi connectivity index (χ0v) is 19.5.